The van der Waals surface area contributed by atoms with Crippen molar-refractivity contribution in [3.05, 3.63) is 33.4 Å². The van der Waals surface area contributed by atoms with Crippen molar-refractivity contribution < 1.29 is 23.9 Å². The normalized spacial score (nSPS) is 15.4. The molecule has 1 aliphatic rings. The SMILES string of the molecule is CCCN1C(=O)N/C(=C/c2cc(Cl)c(OCC(=O)OCC)c(Cl)c2)C1=O. The standard InChI is InChI=1S/C17H18Cl2N2O5/c1-3-5-21-16(23)13(20-17(21)24)8-10-6-11(18)15(12(19)7-10)26-9-14(22)25-4-2/h6-8H,3-5,9H2,1-2H3,(H,20,24)/b13-8+. The summed E-state index contributed by atoms with van der Waals surface area (Å²) in [5.74, 6) is -0.814. The maximum absolute atomic E-state index is 12.2. The summed E-state index contributed by atoms with van der Waals surface area (Å²) in [7, 11) is 0. The summed E-state index contributed by atoms with van der Waals surface area (Å²) >= 11 is 12.3. The Bertz CT molecular complexity index is 741. The van der Waals surface area contributed by atoms with E-state index in [1.54, 1.807) is 6.92 Å². The lowest BCUT2D eigenvalue weighted by atomic mass is 10.1. The number of hydrogen-bond donors (Lipinski definition) is 1. The smallest absolute Gasteiger partial charge is 0.344 e. The van der Waals surface area contributed by atoms with Gasteiger partial charge in [-0.25, -0.2) is 9.59 Å². The van der Waals surface area contributed by atoms with Crippen molar-refractivity contribution in [3.8, 4) is 5.75 Å². The number of urea groups is 1. The molecule has 1 aromatic carbocycles. The van der Waals surface area contributed by atoms with E-state index in [2.05, 4.69) is 5.32 Å². The van der Waals surface area contributed by atoms with Crippen LogP contribution in [0.1, 0.15) is 25.8 Å². The number of nitrogens with one attached hydrogen (secondary N) is 1. The molecular formula is C17H18Cl2N2O5. The van der Waals surface area contributed by atoms with Gasteiger partial charge in [-0.15, -0.1) is 0 Å². The molecule has 0 aromatic heterocycles. The molecule has 0 bridgehead atoms. The fraction of sp³-hybridized carbons (Fsp3) is 0.353. The van der Waals surface area contributed by atoms with Gasteiger partial charge in [0.05, 0.1) is 16.7 Å². The second-order valence-corrected chi connectivity index (χ2v) is 6.17. The summed E-state index contributed by atoms with van der Waals surface area (Å²) < 4.78 is 10.1. The molecule has 1 saturated heterocycles. The quantitative estimate of drug-likeness (QED) is 0.431. The van der Waals surface area contributed by atoms with Crippen LogP contribution in [0.3, 0.4) is 0 Å². The summed E-state index contributed by atoms with van der Waals surface area (Å²) in [6.07, 6.45) is 2.14. The second-order valence-electron chi connectivity index (χ2n) is 5.35. The summed E-state index contributed by atoms with van der Waals surface area (Å²) in [6.45, 7) is 3.81. The molecule has 1 heterocycles. The number of benzene rings is 1. The Labute approximate surface area is 160 Å². The van der Waals surface area contributed by atoms with Crippen molar-refractivity contribution in [1.29, 1.82) is 0 Å². The zero-order valence-electron chi connectivity index (χ0n) is 14.3. The Kier molecular flexibility index (Phi) is 6.88. The minimum Gasteiger partial charge on any atom is -0.479 e. The molecule has 1 N–H and O–H groups in total. The van der Waals surface area contributed by atoms with Crippen molar-refractivity contribution in [3.63, 3.8) is 0 Å². The fourth-order valence-corrected chi connectivity index (χ4v) is 2.91. The average Bonchev–Trinajstić information content (AvgIpc) is 2.82. The van der Waals surface area contributed by atoms with E-state index < -0.39 is 17.9 Å². The van der Waals surface area contributed by atoms with Gasteiger partial charge in [-0.2, -0.15) is 0 Å². The first kappa shape index (κ1) is 20.1. The van der Waals surface area contributed by atoms with Crippen LogP contribution < -0.4 is 10.1 Å². The van der Waals surface area contributed by atoms with Crippen molar-refractivity contribution in [2.24, 2.45) is 0 Å². The lowest BCUT2D eigenvalue weighted by Gasteiger charge is -2.10. The average molecular weight is 401 g/mol. The highest BCUT2D eigenvalue weighted by molar-refractivity contribution is 6.37. The van der Waals surface area contributed by atoms with E-state index in [1.165, 1.54) is 18.2 Å². The van der Waals surface area contributed by atoms with Gasteiger partial charge in [-0.1, -0.05) is 30.1 Å². The van der Waals surface area contributed by atoms with Crippen molar-refractivity contribution in [2.75, 3.05) is 19.8 Å². The maximum Gasteiger partial charge on any atom is 0.344 e. The predicted octanol–water partition coefficient (Wildman–Crippen LogP) is 3.24. The minimum absolute atomic E-state index is 0.135. The first-order chi connectivity index (χ1) is 12.4. The van der Waals surface area contributed by atoms with Crippen LogP contribution in [0.4, 0.5) is 4.79 Å². The van der Waals surface area contributed by atoms with Gasteiger partial charge in [0.1, 0.15) is 5.70 Å². The molecule has 7 nitrogen and oxygen atoms in total. The largest absolute Gasteiger partial charge is 0.479 e. The molecule has 0 atom stereocenters. The van der Waals surface area contributed by atoms with Crippen molar-refractivity contribution in [1.82, 2.24) is 10.2 Å². The van der Waals surface area contributed by atoms with Crippen LogP contribution in [-0.2, 0) is 14.3 Å². The third kappa shape index (κ3) is 4.68. The number of esters is 1. The number of carbonyl (C=O) groups excluding carboxylic acids is 3. The van der Waals surface area contributed by atoms with Gasteiger partial charge in [0.2, 0.25) is 0 Å². The molecule has 0 spiro atoms. The molecule has 9 heteroatoms. The van der Waals surface area contributed by atoms with Gasteiger partial charge in [-0.3, -0.25) is 9.69 Å². The zero-order chi connectivity index (χ0) is 19.3. The number of carbonyl (C=O) groups is 3. The van der Waals surface area contributed by atoms with E-state index in [9.17, 15) is 14.4 Å². The van der Waals surface area contributed by atoms with E-state index >= 15 is 0 Å². The molecule has 0 saturated carbocycles. The highest BCUT2D eigenvalue weighted by atomic mass is 35.5. The van der Waals surface area contributed by atoms with Gasteiger partial charge in [0.25, 0.3) is 5.91 Å². The molecule has 26 heavy (non-hydrogen) atoms. The highest BCUT2D eigenvalue weighted by Crippen LogP contribution is 2.35. The van der Waals surface area contributed by atoms with Crippen LogP contribution in [-0.4, -0.2) is 42.6 Å². The van der Waals surface area contributed by atoms with Crippen LogP contribution in [0.2, 0.25) is 10.0 Å². The molecule has 140 valence electrons. The van der Waals surface area contributed by atoms with Gasteiger partial charge in [0, 0.05) is 6.54 Å². The van der Waals surface area contributed by atoms with Gasteiger partial charge < -0.3 is 14.8 Å². The molecule has 0 unspecified atom stereocenters. The topological polar surface area (TPSA) is 84.9 Å². The monoisotopic (exact) mass is 400 g/mol. The minimum atomic E-state index is -0.541. The Morgan fingerprint density at radius 3 is 2.46 bits per heavy atom. The lowest BCUT2D eigenvalue weighted by Crippen LogP contribution is -2.31. The third-order valence-corrected chi connectivity index (χ3v) is 3.94. The molecular weight excluding hydrogens is 383 g/mol. The Hall–Kier alpha value is -2.25. The number of hydrogen-bond acceptors (Lipinski definition) is 5. The summed E-state index contributed by atoms with van der Waals surface area (Å²) in [4.78, 5) is 36.5. The molecule has 3 amide bonds. The van der Waals surface area contributed by atoms with Crippen LogP contribution in [0.5, 0.6) is 5.75 Å². The van der Waals surface area contributed by atoms with E-state index in [1.807, 2.05) is 6.92 Å². The number of rotatable bonds is 7. The number of imide groups is 1. The first-order valence-corrected chi connectivity index (χ1v) is 8.75. The molecule has 1 aliphatic heterocycles. The second kappa shape index (κ2) is 8.91. The van der Waals surface area contributed by atoms with E-state index in [-0.39, 0.29) is 34.7 Å². The Morgan fingerprint density at radius 2 is 1.88 bits per heavy atom. The zero-order valence-corrected chi connectivity index (χ0v) is 15.8. The third-order valence-electron chi connectivity index (χ3n) is 3.38. The van der Waals surface area contributed by atoms with Crippen molar-refractivity contribution in [2.45, 2.75) is 20.3 Å². The van der Waals surface area contributed by atoms with E-state index in [0.717, 1.165) is 4.90 Å². The Balaban J connectivity index is 2.18. The van der Waals surface area contributed by atoms with Gasteiger partial charge >= 0.3 is 12.0 Å². The van der Waals surface area contributed by atoms with Crippen LogP contribution in [0.25, 0.3) is 6.08 Å². The maximum atomic E-state index is 12.2. The van der Waals surface area contributed by atoms with Crippen molar-refractivity contribution >= 4 is 47.2 Å². The van der Waals surface area contributed by atoms with Gasteiger partial charge in [-0.05, 0) is 37.1 Å². The number of ether oxygens (including phenoxy) is 2. The van der Waals surface area contributed by atoms with Gasteiger partial charge in [0.15, 0.2) is 12.4 Å². The molecule has 2 rings (SSSR count). The summed E-state index contributed by atoms with van der Waals surface area (Å²) in [6, 6.07) is 2.57. The molecule has 1 aromatic rings. The lowest BCUT2D eigenvalue weighted by molar-refractivity contribution is -0.145. The van der Waals surface area contributed by atoms with E-state index in [0.29, 0.717) is 18.5 Å². The first-order valence-electron chi connectivity index (χ1n) is 7.99. The molecule has 0 radical (unpaired) electrons. The number of halogens is 2. The summed E-state index contributed by atoms with van der Waals surface area (Å²) in [5, 5.41) is 2.84. The number of nitrogens with zero attached hydrogens (tertiary/aromatic N) is 1. The number of amides is 3. The highest BCUT2D eigenvalue weighted by Gasteiger charge is 2.32. The Morgan fingerprint density at radius 1 is 1.23 bits per heavy atom. The summed E-state index contributed by atoms with van der Waals surface area (Å²) in [5.41, 5.74) is 0.640. The van der Waals surface area contributed by atoms with E-state index in [4.69, 9.17) is 32.7 Å². The van der Waals surface area contributed by atoms with Crippen LogP contribution >= 0.6 is 23.2 Å². The van der Waals surface area contributed by atoms with Crippen LogP contribution in [0, 0.1) is 0 Å². The predicted molar refractivity (Wildman–Crippen MR) is 97.1 cm³/mol. The molecule has 0 aliphatic carbocycles. The molecule has 1 fully saturated rings. The van der Waals surface area contributed by atoms with Crippen LogP contribution in [0.15, 0.2) is 17.8 Å². The fourth-order valence-electron chi connectivity index (χ4n) is 2.30.